The van der Waals surface area contributed by atoms with E-state index in [0.29, 0.717) is 6.61 Å². The number of ether oxygens (including phenoxy) is 1. The van der Waals surface area contributed by atoms with Gasteiger partial charge >= 0.3 is 5.97 Å². The number of carbonyl (C=O) groups excluding carboxylic acids is 1. The molecule has 1 N–H and O–H groups in total. The van der Waals surface area contributed by atoms with E-state index in [1.807, 2.05) is 0 Å². The van der Waals surface area contributed by atoms with Crippen LogP contribution in [0.25, 0.3) is 0 Å². The molecule has 2 unspecified atom stereocenters. The van der Waals surface area contributed by atoms with Crippen molar-refractivity contribution in [2.24, 2.45) is 0 Å². The first-order chi connectivity index (χ1) is 7.50. The Kier molecular flexibility index (Phi) is 5.02. The average Bonchev–Trinajstić information content (AvgIpc) is 2.20. The van der Waals surface area contributed by atoms with E-state index in [1.54, 1.807) is 6.08 Å². The van der Waals surface area contributed by atoms with Crippen LogP contribution in [-0.4, -0.2) is 34.2 Å². The lowest BCUT2D eigenvalue weighted by Crippen LogP contribution is -2.31. The summed E-state index contributed by atoms with van der Waals surface area (Å²) in [5.41, 5.74) is 0.265. The third kappa shape index (κ3) is 3.98. The van der Waals surface area contributed by atoms with Gasteiger partial charge in [0.25, 0.3) is 0 Å². The molecule has 1 rings (SSSR count). The summed E-state index contributed by atoms with van der Waals surface area (Å²) in [5.74, 6) is -0.944. The average molecular weight is 244 g/mol. The van der Waals surface area contributed by atoms with Gasteiger partial charge in [0.1, 0.15) is 0 Å². The van der Waals surface area contributed by atoms with E-state index < -0.39 is 5.97 Å². The first-order valence-corrected chi connectivity index (χ1v) is 6.09. The lowest BCUT2D eigenvalue weighted by Gasteiger charge is -2.28. The lowest BCUT2D eigenvalue weighted by molar-refractivity contribution is -0.132. The quantitative estimate of drug-likeness (QED) is 0.767. The zero-order valence-corrected chi connectivity index (χ0v) is 10.3. The van der Waals surface area contributed by atoms with Crippen molar-refractivity contribution in [1.82, 2.24) is 0 Å². The Morgan fingerprint density at radius 3 is 2.69 bits per heavy atom. The molecule has 1 saturated heterocycles. The predicted octanol–water partition coefficient (Wildman–Crippen LogP) is 1.84. The largest absolute Gasteiger partial charge is 0.478 e. The van der Waals surface area contributed by atoms with E-state index in [4.69, 9.17) is 9.84 Å². The van der Waals surface area contributed by atoms with Gasteiger partial charge < -0.3 is 9.84 Å². The van der Waals surface area contributed by atoms with Gasteiger partial charge in [-0.2, -0.15) is 0 Å². The second-order valence-corrected chi connectivity index (χ2v) is 5.20. The summed E-state index contributed by atoms with van der Waals surface area (Å²) >= 11 is 1.24. The standard InChI is InChI=1S/C11H16O4S/c1-7(11(13)14)6-9-10(16-8(2)12)4-3-5-15-9/h6,9-10H,3-5H2,1-2H3,(H,13,14). The first kappa shape index (κ1) is 13.3. The molecule has 1 heterocycles. The Hall–Kier alpha value is -0.810. The molecule has 1 aliphatic rings. The van der Waals surface area contributed by atoms with Gasteiger partial charge in [-0.25, -0.2) is 4.79 Å². The third-order valence-corrected chi connectivity index (χ3v) is 3.52. The SMILES string of the molecule is CC(=O)SC1CCCOC1C=C(C)C(=O)O. The molecular formula is C11H16O4S. The fraction of sp³-hybridized carbons (Fsp3) is 0.636. The smallest absolute Gasteiger partial charge is 0.331 e. The van der Waals surface area contributed by atoms with Crippen molar-refractivity contribution in [3.63, 3.8) is 0 Å². The van der Waals surface area contributed by atoms with E-state index in [0.717, 1.165) is 12.8 Å². The molecule has 2 atom stereocenters. The van der Waals surface area contributed by atoms with Crippen LogP contribution in [0.5, 0.6) is 0 Å². The van der Waals surface area contributed by atoms with Crippen molar-refractivity contribution in [1.29, 1.82) is 0 Å². The van der Waals surface area contributed by atoms with Crippen molar-refractivity contribution >= 4 is 22.8 Å². The van der Waals surface area contributed by atoms with Gasteiger partial charge in [0.05, 0.1) is 6.10 Å². The van der Waals surface area contributed by atoms with Gasteiger partial charge in [-0.1, -0.05) is 11.8 Å². The molecule has 1 fully saturated rings. The Balaban J connectivity index is 2.70. The Morgan fingerprint density at radius 2 is 2.12 bits per heavy atom. The second-order valence-electron chi connectivity index (χ2n) is 3.78. The highest BCUT2D eigenvalue weighted by Crippen LogP contribution is 2.28. The Morgan fingerprint density at radius 1 is 1.44 bits per heavy atom. The maximum atomic E-state index is 11.0. The number of carboxylic acid groups (broad SMARTS) is 1. The van der Waals surface area contributed by atoms with Gasteiger partial charge in [-0.15, -0.1) is 0 Å². The van der Waals surface area contributed by atoms with Gasteiger partial charge in [0.2, 0.25) is 0 Å². The normalized spacial score (nSPS) is 26.5. The van der Waals surface area contributed by atoms with Crippen LogP contribution in [0.2, 0.25) is 0 Å². The summed E-state index contributed by atoms with van der Waals surface area (Å²) in [7, 11) is 0. The molecule has 16 heavy (non-hydrogen) atoms. The second kappa shape index (κ2) is 6.06. The van der Waals surface area contributed by atoms with E-state index in [-0.39, 0.29) is 22.0 Å². The number of hydrogen-bond acceptors (Lipinski definition) is 4. The minimum absolute atomic E-state index is 0.0422. The van der Waals surface area contributed by atoms with Crippen LogP contribution in [0, 0.1) is 0 Å². The molecule has 4 nitrogen and oxygen atoms in total. The maximum Gasteiger partial charge on any atom is 0.331 e. The van der Waals surface area contributed by atoms with E-state index in [1.165, 1.54) is 25.6 Å². The topological polar surface area (TPSA) is 63.6 Å². The number of carboxylic acids is 1. The fourth-order valence-corrected chi connectivity index (χ4v) is 2.59. The monoisotopic (exact) mass is 244 g/mol. The minimum atomic E-state index is -0.944. The van der Waals surface area contributed by atoms with Crippen molar-refractivity contribution < 1.29 is 19.4 Å². The van der Waals surface area contributed by atoms with Crippen LogP contribution in [0.15, 0.2) is 11.6 Å². The van der Waals surface area contributed by atoms with Crippen molar-refractivity contribution in [3.05, 3.63) is 11.6 Å². The minimum Gasteiger partial charge on any atom is -0.478 e. The Bertz CT molecular complexity index is 311. The lowest BCUT2D eigenvalue weighted by atomic mass is 10.1. The zero-order valence-electron chi connectivity index (χ0n) is 9.43. The molecule has 0 aliphatic carbocycles. The summed E-state index contributed by atoms with van der Waals surface area (Å²) in [6.07, 6.45) is 3.14. The van der Waals surface area contributed by atoms with Gasteiger partial charge in [-0.05, 0) is 25.8 Å². The summed E-state index contributed by atoms with van der Waals surface area (Å²) in [6, 6.07) is 0. The molecule has 0 saturated carbocycles. The molecule has 5 heteroatoms. The predicted molar refractivity (Wildman–Crippen MR) is 62.4 cm³/mol. The summed E-state index contributed by atoms with van der Waals surface area (Å²) in [5, 5.41) is 8.87. The van der Waals surface area contributed by atoms with Crippen LogP contribution in [0.4, 0.5) is 0 Å². The summed E-state index contributed by atoms with van der Waals surface area (Å²) in [6.45, 7) is 3.68. The Labute approximate surface area is 99.0 Å². The fourth-order valence-electron chi connectivity index (χ4n) is 1.59. The molecule has 0 radical (unpaired) electrons. The van der Waals surface area contributed by atoms with Gasteiger partial charge in [-0.3, -0.25) is 4.79 Å². The number of carbonyl (C=O) groups is 2. The van der Waals surface area contributed by atoms with Crippen molar-refractivity contribution in [2.75, 3.05) is 6.61 Å². The summed E-state index contributed by atoms with van der Waals surface area (Å²) < 4.78 is 5.50. The molecule has 0 aromatic heterocycles. The van der Waals surface area contributed by atoms with Crippen molar-refractivity contribution in [2.45, 2.75) is 38.0 Å². The van der Waals surface area contributed by atoms with Crippen LogP contribution in [0.3, 0.4) is 0 Å². The van der Waals surface area contributed by atoms with Crippen molar-refractivity contribution in [3.8, 4) is 0 Å². The highest BCUT2D eigenvalue weighted by Gasteiger charge is 2.26. The highest BCUT2D eigenvalue weighted by molar-refractivity contribution is 8.14. The number of hydrogen-bond donors (Lipinski definition) is 1. The van der Waals surface area contributed by atoms with Gasteiger partial charge in [0.15, 0.2) is 5.12 Å². The zero-order chi connectivity index (χ0) is 12.1. The third-order valence-electron chi connectivity index (χ3n) is 2.38. The van der Waals surface area contributed by atoms with E-state index in [9.17, 15) is 9.59 Å². The molecule has 0 amide bonds. The van der Waals surface area contributed by atoms with Crippen LogP contribution < -0.4 is 0 Å². The molecule has 0 aromatic carbocycles. The molecular weight excluding hydrogens is 228 g/mol. The highest BCUT2D eigenvalue weighted by atomic mass is 32.2. The number of rotatable bonds is 3. The molecule has 1 aliphatic heterocycles. The van der Waals surface area contributed by atoms with E-state index >= 15 is 0 Å². The number of thioether (sulfide) groups is 1. The van der Waals surface area contributed by atoms with Crippen LogP contribution in [0.1, 0.15) is 26.7 Å². The molecule has 90 valence electrons. The molecule has 0 aromatic rings. The molecule has 0 spiro atoms. The summed E-state index contributed by atoms with van der Waals surface area (Å²) in [4.78, 5) is 21.8. The number of aliphatic carboxylic acids is 1. The van der Waals surface area contributed by atoms with Gasteiger partial charge in [0, 0.05) is 24.4 Å². The van der Waals surface area contributed by atoms with Crippen LogP contribution in [-0.2, 0) is 14.3 Å². The van der Waals surface area contributed by atoms with E-state index in [2.05, 4.69) is 0 Å². The maximum absolute atomic E-state index is 11.0. The first-order valence-electron chi connectivity index (χ1n) is 5.21. The van der Waals surface area contributed by atoms with Crippen LogP contribution >= 0.6 is 11.8 Å². The molecule has 0 bridgehead atoms.